The number of hydrogen-bond acceptors (Lipinski definition) is 5. The Kier molecular flexibility index (Phi) is 4.11. The Morgan fingerprint density at radius 1 is 0.844 bits per heavy atom. The molecular weight excluding hydrogens is 398 g/mol. The Morgan fingerprint density at radius 3 is 2.56 bits per heavy atom. The molecule has 1 aliphatic carbocycles. The molecular formula is C26H19N5O. The standard InChI is InChI=1S/C26H19N5O/c27-24-19(7-4-14-28-24)25-30-22-12-11-21(17-5-2-1-3-6-17)29-26(22)31(25)18-10-8-16-9-13-23(32)20(16)15-18/h1-8,10-12,14-15H,9,13H2,(H2,27,28). The number of anilines is 1. The Morgan fingerprint density at radius 2 is 1.72 bits per heavy atom. The molecule has 0 aliphatic heterocycles. The molecule has 154 valence electrons. The fourth-order valence-electron chi connectivity index (χ4n) is 4.32. The van der Waals surface area contributed by atoms with Crippen molar-refractivity contribution in [2.24, 2.45) is 0 Å². The fraction of sp³-hybridized carbons (Fsp3) is 0.0769. The molecule has 5 aromatic rings. The van der Waals surface area contributed by atoms with Crippen molar-refractivity contribution in [2.75, 3.05) is 5.73 Å². The summed E-state index contributed by atoms with van der Waals surface area (Å²) >= 11 is 0. The van der Waals surface area contributed by atoms with Gasteiger partial charge in [-0.1, -0.05) is 36.4 Å². The summed E-state index contributed by atoms with van der Waals surface area (Å²) in [6, 6.07) is 23.7. The first kappa shape index (κ1) is 18.4. The van der Waals surface area contributed by atoms with Crippen LogP contribution < -0.4 is 5.73 Å². The number of benzene rings is 2. The van der Waals surface area contributed by atoms with Gasteiger partial charge in [0.1, 0.15) is 11.3 Å². The van der Waals surface area contributed by atoms with Gasteiger partial charge in [0.25, 0.3) is 0 Å². The van der Waals surface area contributed by atoms with E-state index in [0.29, 0.717) is 23.7 Å². The molecule has 0 atom stereocenters. The van der Waals surface area contributed by atoms with E-state index in [2.05, 4.69) is 4.98 Å². The van der Waals surface area contributed by atoms with Crippen molar-refractivity contribution in [3.63, 3.8) is 0 Å². The lowest BCUT2D eigenvalue weighted by Crippen LogP contribution is -2.03. The smallest absolute Gasteiger partial charge is 0.165 e. The number of Topliss-reactive ketones (excluding diaryl/α,β-unsaturated/α-hetero) is 1. The second-order valence-corrected chi connectivity index (χ2v) is 7.88. The quantitative estimate of drug-likeness (QED) is 0.453. The zero-order valence-electron chi connectivity index (χ0n) is 17.2. The van der Waals surface area contributed by atoms with Crippen molar-refractivity contribution in [2.45, 2.75) is 12.8 Å². The number of hydrogen-bond donors (Lipinski definition) is 1. The number of pyridine rings is 2. The molecule has 0 fully saturated rings. The number of aryl methyl sites for hydroxylation is 1. The fourth-order valence-corrected chi connectivity index (χ4v) is 4.32. The van der Waals surface area contributed by atoms with Gasteiger partial charge in [-0.2, -0.15) is 0 Å². The number of imidazole rings is 1. The van der Waals surface area contributed by atoms with E-state index < -0.39 is 0 Å². The van der Waals surface area contributed by atoms with Crippen molar-refractivity contribution in [1.82, 2.24) is 19.5 Å². The molecule has 1 aliphatic rings. The van der Waals surface area contributed by atoms with Gasteiger partial charge in [0.05, 0.1) is 11.3 Å². The molecule has 6 nitrogen and oxygen atoms in total. The molecule has 6 heteroatoms. The summed E-state index contributed by atoms with van der Waals surface area (Å²) in [7, 11) is 0. The third-order valence-electron chi connectivity index (χ3n) is 5.93. The predicted molar refractivity (Wildman–Crippen MR) is 125 cm³/mol. The van der Waals surface area contributed by atoms with E-state index in [9.17, 15) is 4.79 Å². The molecule has 0 bridgehead atoms. The van der Waals surface area contributed by atoms with Gasteiger partial charge in [0.15, 0.2) is 17.3 Å². The van der Waals surface area contributed by atoms with E-state index >= 15 is 0 Å². The summed E-state index contributed by atoms with van der Waals surface area (Å²) in [6.07, 6.45) is 3.01. The van der Waals surface area contributed by atoms with Crippen LogP contribution in [-0.2, 0) is 6.42 Å². The van der Waals surface area contributed by atoms with Crippen LogP contribution in [0.1, 0.15) is 22.3 Å². The molecule has 6 rings (SSSR count). The highest BCUT2D eigenvalue weighted by atomic mass is 16.1. The van der Waals surface area contributed by atoms with E-state index in [1.807, 2.05) is 77.4 Å². The average Bonchev–Trinajstić information content (AvgIpc) is 3.39. The molecule has 2 N–H and O–H groups in total. The topological polar surface area (TPSA) is 86.7 Å². The number of rotatable bonds is 3. The summed E-state index contributed by atoms with van der Waals surface area (Å²) in [6.45, 7) is 0. The van der Waals surface area contributed by atoms with E-state index in [1.165, 1.54) is 0 Å². The van der Waals surface area contributed by atoms with Crippen LogP contribution in [0, 0.1) is 0 Å². The van der Waals surface area contributed by atoms with Gasteiger partial charge in [0.2, 0.25) is 0 Å². The summed E-state index contributed by atoms with van der Waals surface area (Å²) in [5.41, 5.74) is 12.9. The summed E-state index contributed by atoms with van der Waals surface area (Å²) in [5, 5.41) is 0. The second-order valence-electron chi connectivity index (χ2n) is 7.88. The number of nitrogens with two attached hydrogens (primary N) is 1. The molecule has 3 aromatic heterocycles. The monoisotopic (exact) mass is 417 g/mol. The summed E-state index contributed by atoms with van der Waals surface area (Å²) in [5.74, 6) is 1.21. The Hall–Kier alpha value is -4.32. The SMILES string of the molecule is Nc1ncccc1-c1nc2ccc(-c3ccccc3)nc2n1-c1ccc2c(c1)C(=O)CC2. The molecule has 0 saturated carbocycles. The van der Waals surface area contributed by atoms with Gasteiger partial charge in [-0.25, -0.2) is 15.0 Å². The Balaban J connectivity index is 1.65. The summed E-state index contributed by atoms with van der Waals surface area (Å²) in [4.78, 5) is 26.5. The largest absolute Gasteiger partial charge is 0.383 e. The molecule has 0 radical (unpaired) electrons. The van der Waals surface area contributed by atoms with Gasteiger partial charge in [-0.05, 0) is 48.4 Å². The third-order valence-corrected chi connectivity index (χ3v) is 5.93. The van der Waals surface area contributed by atoms with Crippen LogP contribution in [0.25, 0.3) is 39.5 Å². The molecule has 3 heterocycles. The van der Waals surface area contributed by atoms with Crippen molar-refractivity contribution in [3.05, 3.63) is 90.1 Å². The van der Waals surface area contributed by atoms with Crippen LogP contribution in [-0.4, -0.2) is 25.3 Å². The summed E-state index contributed by atoms with van der Waals surface area (Å²) < 4.78 is 1.97. The van der Waals surface area contributed by atoms with Gasteiger partial charge in [-0.15, -0.1) is 0 Å². The number of carbonyl (C=O) groups is 1. The van der Waals surface area contributed by atoms with Crippen molar-refractivity contribution < 1.29 is 4.79 Å². The number of ketones is 1. The maximum Gasteiger partial charge on any atom is 0.165 e. The maximum absolute atomic E-state index is 12.4. The number of carbonyl (C=O) groups excluding carboxylic acids is 1. The highest BCUT2D eigenvalue weighted by Gasteiger charge is 2.23. The maximum atomic E-state index is 12.4. The van der Waals surface area contributed by atoms with E-state index in [0.717, 1.165) is 45.6 Å². The van der Waals surface area contributed by atoms with Crippen LogP contribution in [0.15, 0.2) is 79.0 Å². The predicted octanol–water partition coefficient (Wildman–Crippen LogP) is 4.86. The number of fused-ring (bicyclic) bond motifs is 2. The van der Waals surface area contributed by atoms with Crippen molar-refractivity contribution >= 4 is 22.8 Å². The minimum atomic E-state index is 0.173. The minimum Gasteiger partial charge on any atom is -0.383 e. The molecule has 0 unspecified atom stereocenters. The lowest BCUT2D eigenvalue weighted by Gasteiger charge is -2.12. The van der Waals surface area contributed by atoms with Crippen LogP contribution in [0.5, 0.6) is 0 Å². The van der Waals surface area contributed by atoms with Crippen LogP contribution >= 0.6 is 0 Å². The van der Waals surface area contributed by atoms with Gasteiger partial charge in [-0.3, -0.25) is 9.36 Å². The van der Waals surface area contributed by atoms with E-state index in [-0.39, 0.29) is 5.78 Å². The lowest BCUT2D eigenvalue weighted by molar-refractivity contribution is 0.0994. The van der Waals surface area contributed by atoms with Crippen LogP contribution in [0.2, 0.25) is 0 Å². The van der Waals surface area contributed by atoms with Gasteiger partial charge >= 0.3 is 0 Å². The molecule has 0 saturated heterocycles. The zero-order valence-corrected chi connectivity index (χ0v) is 17.2. The first-order chi connectivity index (χ1) is 15.7. The molecule has 0 amide bonds. The van der Waals surface area contributed by atoms with E-state index in [4.69, 9.17) is 15.7 Å². The van der Waals surface area contributed by atoms with Crippen molar-refractivity contribution in [1.29, 1.82) is 0 Å². The second kappa shape index (κ2) is 7.13. The molecule has 2 aromatic carbocycles. The van der Waals surface area contributed by atoms with Crippen LogP contribution in [0.3, 0.4) is 0 Å². The Bertz CT molecular complexity index is 1500. The normalized spacial score (nSPS) is 12.9. The molecule has 32 heavy (non-hydrogen) atoms. The van der Waals surface area contributed by atoms with Gasteiger partial charge in [0, 0.05) is 29.4 Å². The molecule has 0 spiro atoms. The number of aromatic nitrogens is 4. The Labute approximate surface area is 184 Å². The first-order valence-corrected chi connectivity index (χ1v) is 10.5. The zero-order chi connectivity index (χ0) is 21.7. The van der Waals surface area contributed by atoms with Crippen LogP contribution in [0.4, 0.5) is 5.82 Å². The highest BCUT2D eigenvalue weighted by molar-refractivity contribution is 6.01. The number of nitrogens with zero attached hydrogens (tertiary/aromatic N) is 4. The first-order valence-electron chi connectivity index (χ1n) is 10.5. The average molecular weight is 417 g/mol. The third kappa shape index (κ3) is 2.88. The number of nitrogen functional groups attached to an aromatic ring is 1. The van der Waals surface area contributed by atoms with Gasteiger partial charge < -0.3 is 5.73 Å². The van der Waals surface area contributed by atoms with Crippen molar-refractivity contribution in [3.8, 4) is 28.3 Å². The van der Waals surface area contributed by atoms with E-state index in [1.54, 1.807) is 6.20 Å². The minimum absolute atomic E-state index is 0.173. The highest BCUT2D eigenvalue weighted by Crippen LogP contribution is 2.33. The lowest BCUT2D eigenvalue weighted by atomic mass is 10.1.